The highest BCUT2D eigenvalue weighted by Gasteiger charge is 2.44. The lowest BCUT2D eigenvalue weighted by atomic mass is 10.1. The van der Waals surface area contributed by atoms with Crippen molar-refractivity contribution < 1.29 is 9.90 Å². The summed E-state index contributed by atoms with van der Waals surface area (Å²) in [6, 6.07) is 11.4. The molecule has 1 amide bonds. The van der Waals surface area contributed by atoms with Gasteiger partial charge in [-0.1, -0.05) is 34.1 Å². The third-order valence-corrected chi connectivity index (χ3v) is 5.34. The molecular weight excluding hydrogens is 350 g/mol. The van der Waals surface area contributed by atoms with Crippen molar-refractivity contribution in [2.24, 2.45) is 5.92 Å². The molecule has 1 saturated carbocycles. The van der Waals surface area contributed by atoms with Crippen molar-refractivity contribution in [3.05, 3.63) is 56.7 Å². The van der Waals surface area contributed by atoms with Crippen LogP contribution in [0.3, 0.4) is 0 Å². The molecule has 2 aromatic rings. The highest BCUT2D eigenvalue weighted by molar-refractivity contribution is 9.10. The SMILES string of the molecule is O=C(N[C@@H](CO)c1ccc(Br)cc1)[C@H]1C[C@@H]1c1cccs1. The van der Waals surface area contributed by atoms with E-state index in [2.05, 4.69) is 27.3 Å². The summed E-state index contributed by atoms with van der Waals surface area (Å²) in [7, 11) is 0. The number of aliphatic hydroxyl groups excluding tert-OH is 1. The third kappa shape index (κ3) is 3.36. The molecule has 0 saturated heterocycles. The summed E-state index contributed by atoms with van der Waals surface area (Å²) in [5, 5.41) is 14.5. The van der Waals surface area contributed by atoms with E-state index in [4.69, 9.17) is 0 Å². The van der Waals surface area contributed by atoms with Gasteiger partial charge in [0, 0.05) is 21.2 Å². The fourth-order valence-electron chi connectivity index (χ4n) is 2.51. The Morgan fingerprint density at radius 3 is 2.76 bits per heavy atom. The van der Waals surface area contributed by atoms with Gasteiger partial charge in [0.25, 0.3) is 0 Å². The van der Waals surface area contributed by atoms with Crippen LogP contribution in [-0.4, -0.2) is 17.6 Å². The highest BCUT2D eigenvalue weighted by Crippen LogP contribution is 2.49. The monoisotopic (exact) mass is 365 g/mol. The molecule has 1 heterocycles. The van der Waals surface area contributed by atoms with Gasteiger partial charge in [0.15, 0.2) is 0 Å². The van der Waals surface area contributed by atoms with Gasteiger partial charge in [0.1, 0.15) is 0 Å². The van der Waals surface area contributed by atoms with E-state index in [0.29, 0.717) is 5.92 Å². The highest BCUT2D eigenvalue weighted by atomic mass is 79.9. The average molecular weight is 366 g/mol. The molecule has 0 spiro atoms. The summed E-state index contributed by atoms with van der Waals surface area (Å²) in [5.41, 5.74) is 0.919. The lowest BCUT2D eigenvalue weighted by Gasteiger charge is -2.17. The number of hydrogen-bond donors (Lipinski definition) is 2. The van der Waals surface area contributed by atoms with E-state index >= 15 is 0 Å². The Kier molecular flexibility index (Phi) is 4.42. The minimum Gasteiger partial charge on any atom is -0.394 e. The normalized spacial score (nSPS) is 21.8. The van der Waals surface area contributed by atoms with Gasteiger partial charge in [0.2, 0.25) is 5.91 Å². The molecule has 3 atom stereocenters. The number of carbonyl (C=O) groups is 1. The fraction of sp³-hybridized carbons (Fsp3) is 0.312. The van der Waals surface area contributed by atoms with Crippen LogP contribution in [0, 0.1) is 5.92 Å². The first-order valence-electron chi connectivity index (χ1n) is 6.89. The van der Waals surface area contributed by atoms with Gasteiger partial charge in [0.05, 0.1) is 12.6 Å². The molecule has 1 aromatic carbocycles. The quantitative estimate of drug-likeness (QED) is 0.852. The molecule has 1 aliphatic rings. The molecule has 0 radical (unpaired) electrons. The Bertz CT molecular complexity index is 612. The number of thiophene rings is 1. The molecule has 0 unspecified atom stereocenters. The van der Waals surface area contributed by atoms with Gasteiger partial charge in [-0.05, 0) is 35.6 Å². The van der Waals surface area contributed by atoms with Crippen LogP contribution in [0.2, 0.25) is 0 Å². The summed E-state index contributed by atoms with van der Waals surface area (Å²) in [5.74, 6) is 0.442. The summed E-state index contributed by atoms with van der Waals surface area (Å²) < 4.78 is 0.981. The van der Waals surface area contributed by atoms with Crippen LogP contribution in [-0.2, 0) is 4.79 Å². The van der Waals surface area contributed by atoms with Crippen molar-refractivity contribution in [3.8, 4) is 0 Å². The molecule has 0 aliphatic heterocycles. The van der Waals surface area contributed by atoms with Crippen LogP contribution in [0.15, 0.2) is 46.3 Å². The number of nitrogens with one attached hydrogen (secondary N) is 1. The maximum absolute atomic E-state index is 12.3. The molecule has 3 nitrogen and oxygen atoms in total. The third-order valence-electron chi connectivity index (χ3n) is 3.81. The van der Waals surface area contributed by atoms with Crippen molar-refractivity contribution in [2.45, 2.75) is 18.4 Å². The van der Waals surface area contributed by atoms with Crippen molar-refractivity contribution in [2.75, 3.05) is 6.61 Å². The zero-order valence-electron chi connectivity index (χ0n) is 11.3. The number of carbonyl (C=O) groups excluding carboxylic acids is 1. The number of amides is 1. The minimum absolute atomic E-state index is 0.0374. The van der Waals surface area contributed by atoms with E-state index in [9.17, 15) is 9.90 Å². The predicted octanol–water partition coefficient (Wildman–Crippen LogP) is 3.46. The van der Waals surface area contributed by atoms with E-state index in [1.807, 2.05) is 35.7 Å². The number of benzene rings is 1. The second-order valence-electron chi connectivity index (χ2n) is 5.26. The number of halogens is 1. The summed E-state index contributed by atoms with van der Waals surface area (Å²) in [4.78, 5) is 13.6. The fourth-order valence-corrected chi connectivity index (χ4v) is 3.68. The molecule has 1 aliphatic carbocycles. The number of aliphatic hydroxyl groups is 1. The van der Waals surface area contributed by atoms with E-state index in [0.717, 1.165) is 16.5 Å². The standard InChI is InChI=1S/C16H16BrNO2S/c17-11-5-3-10(4-6-11)14(9-19)18-16(20)13-8-12(13)15-2-1-7-21-15/h1-7,12-14,19H,8-9H2,(H,18,20)/t12-,13-,14-/m0/s1. The van der Waals surface area contributed by atoms with E-state index in [1.165, 1.54) is 4.88 Å². The Morgan fingerprint density at radius 1 is 1.38 bits per heavy atom. The van der Waals surface area contributed by atoms with Crippen LogP contribution in [0.25, 0.3) is 0 Å². The van der Waals surface area contributed by atoms with Crippen LogP contribution >= 0.6 is 27.3 Å². The molecule has 21 heavy (non-hydrogen) atoms. The molecule has 1 fully saturated rings. The summed E-state index contributed by atoms with van der Waals surface area (Å²) in [6.45, 7) is -0.0935. The lowest BCUT2D eigenvalue weighted by Crippen LogP contribution is -2.32. The van der Waals surface area contributed by atoms with Gasteiger partial charge in [-0.15, -0.1) is 11.3 Å². The Balaban J connectivity index is 1.62. The van der Waals surface area contributed by atoms with E-state index in [1.54, 1.807) is 11.3 Å². The van der Waals surface area contributed by atoms with Crippen LogP contribution < -0.4 is 5.32 Å². The smallest absolute Gasteiger partial charge is 0.224 e. The lowest BCUT2D eigenvalue weighted by molar-refractivity contribution is -0.123. The van der Waals surface area contributed by atoms with Crippen molar-refractivity contribution in [1.82, 2.24) is 5.32 Å². The molecule has 1 aromatic heterocycles. The zero-order chi connectivity index (χ0) is 14.8. The molecule has 5 heteroatoms. The van der Waals surface area contributed by atoms with Crippen LogP contribution in [0.1, 0.15) is 28.8 Å². The first-order valence-corrected chi connectivity index (χ1v) is 8.56. The predicted molar refractivity (Wildman–Crippen MR) is 87.3 cm³/mol. The van der Waals surface area contributed by atoms with Gasteiger partial charge < -0.3 is 10.4 Å². The first-order chi connectivity index (χ1) is 10.2. The number of hydrogen-bond acceptors (Lipinski definition) is 3. The first kappa shape index (κ1) is 14.8. The van der Waals surface area contributed by atoms with Crippen molar-refractivity contribution in [1.29, 1.82) is 0 Å². The maximum atomic E-state index is 12.3. The van der Waals surface area contributed by atoms with E-state index in [-0.39, 0.29) is 24.5 Å². The van der Waals surface area contributed by atoms with Gasteiger partial charge in [-0.2, -0.15) is 0 Å². The second kappa shape index (κ2) is 6.30. The van der Waals surface area contributed by atoms with Gasteiger partial charge in [-0.3, -0.25) is 4.79 Å². The maximum Gasteiger partial charge on any atom is 0.224 e. The Hall–Kier alpha value is -1.17. The van der Waals surface area contributed by atoms with Crippen LogP contribution in [0.5, 0.6) is 0 Å². The number of rotatable bonds is 5. The summed E-state index contributed by atoms with van der Waals surface area (Å²) in [6.07, 6.45) is 0.908. The Morgan fingerprint density at radius 2 is 2.14 bits per heavy atom. The van der Waals surface area contributed by atoms with Crippen molar-refractivity contribution >= 4 is 33.2 Å². The molecule has 0 bridgehead atoms. The molecule has 3 rings (SSSR count). The largest absolute Gasteiger partial charge is 0.394 e. The second-order valence-corrected chi connectivity index (χ2v) is 7.15. The molecule has 2 N–H and O–H groups in total. The topological polar surface area (TPSA) is 49.3 Å². The van der Waals surface area contributed by atoms with Gasteiger partial charge >= 0.3 is 0 Å². The Labute approximate surface area is 136 Å². The van der Waals surface area contributed by atoms with Gasteiger partial charge in [-0.25, -0.2) is 0 Å². The van der Waals surface area contributed by atoms with Crippen molar-refractivity contribution in [3.63, 3.8) is 0 Å². The summed E-state index contributed by atoms with van der Waals surface area (Å²) >= 11 is 5.08. The van der Waals surface area contributed by atoms with Crippen LogP contribution in [0.4, 0.5) is 0 Å². The molecular formula is C16H16BrNO2S. The zero-order valence-corrected chi connectivity index (χ0v) is 13.7. The van der Waals surface area contributed by atoms with E-state index < -0.39 is 0 Å². The molecule has 110 valence electrons. The minimum atomic E-state index is -0.338. The average Bonchev–Trinajstić information content (AvgIpc) is 3.11.